The standard InChI is InChI=1S/C20H33N3O3/c1-2-26-19(25)21-11-6-17(7-12-21)23-13-9-20(15-23)8-3-10-22(18(20)24)14-16-4-5-16/h16-17H,2-15H2,1H3/t20-/m0/s1. The van der Waals surface area contributed by atoms with Crippen molar-refractivity contribution in [2.45, 2.75) is 57.9 Å². The molecule has 4 fully saturated rings. The fourth-order valence-electron chi connectivity index (χ4n) is 5.16. The molecule has 6 nitrogen and oxygen atoms in total. The molecule has 0 aromatic carbocycles. The van der Waals surface area contributed by atoms with Crippen molar-refractivity contribution in [1.82, 2.24) is 14.7 Å². The van der Waals surface area contributed by atoms with Crippen LogP contribution in [0.15, 0.2) is 0 Å². The maximum atomic E-state index is 13.2. The van der Waals surface area contributed by atoms with Gasteiger partial charge in [0.25, 0.3) is 0 Å². The molecule has 26 heavy (non-hydrogen) atoms. The van der Waals surface area contributed by atoms with Gasteiger partial charge >= 0.3 is 6.09 Å². The summed E-state index contributed by atoms with van der Waals surface area (Å²) in [6.45, 7) is 7.76. The molecule has 3 saturated heterocycles. The van der Waals surface area contributed by atoms with Crippen LogP contribution in [-0.2, 0) is 9.53 Å². The van der Waals surface area contributed by atoms with E-state index in [2.05, 4.69) is 9.80 Å². The average Bonchev–Trinajstić information content (AvgIpc) is 3.37. The molecule has 0 unspecified atom stereocenters. The summed E-state index contributed by atoms with van der Waals surface area (Å²) >= 11 is 0. The summed E-state index contributed by atoms with van der Waals surface area (Å²) in [6.07, 6.45) is 7.67. The van der Waals surface area contributed by atoms with Crippen molar-refractivity contribution < 1.29 is 14.3 Å². The zero-order valence-corrected chi connectivity index (χ0v) is 16.1. The van der Waals surface area contributed by atoms with E-state index < -0.39 is 0 Å². The molecule has 6 heteroatoms. The largest absolute Gasteiger partial charge is 0.450 e. The van der Waals surface area contributed by atoms with Gasteiger partial charge in [0.05, 0.1) is 12.0 Å². The number of carbonyl (C=O) groups excluding carboxylic acids is 2. The third kappa shape index (κ3) is 3.57. The lowest BCUT2D eigenvalue weighted by Crippen LogP contribution is -2.52. The highest BCUT2D eigenvalue weighted by Gasteiger charge is 2.50. The Hall–Kier alpha value is -1.30. The van der Waals surface area contributed by atoms with Crippen LogP contribution in [0.3, 0.4) is 0 Å². The van der Waals surface area contributed by atoms with Gasteiger partial charge in [-0.1, -0.05) is 0 Å². The van der Waals surface area contributed by atoms with Gasteiger partial charge < -0.3 is 14.5 Å². The number of rotatable bonds is 4. The van der Waals surface area contributed by atoms with Gasteiger partial charge in [-0.15, -0.1) is 0 Å². The van der Waals surface area contributed by atoms with Gasteiger partial charge in [-0.05, 0) is 64.3 Å². The Morgan fingerprint density at radius 3 is 2.58 bits per heavy atom. The topological polar surface area (TPSA) is 53.1 Å². The highest BCUT2D eigenvalue weighted by atomic mass is 16.6. The van der Waals surface area contributed by atoms with Crippen molar-refractivity contribution in [3.05, 3.63) is 0 Å². The maximum Gasteiger partial charge on any atom is 0.409 e. The summed E-state index contributed by atoms with van der Waals surface area (Å²) in [4.78, 5) is 31.6. The summed E-state index contributed by atoms with van der Waals surface area (Å²) < 4.78 is 5.12. The summed E-state index contributed by atoms with van der Waals surface area (Å²) in [7, 11) is 0. The van der Waals surface area contributed by atoms with E-state index in [0.29, 0.717) is 18.6 Å². The van der Waals surface area contributed by atoms with Crippen LogP contribution in [0, 0.1) is 11.3 Å². The van der Waals surface area contributed by atoms with Crippen LogP contribution in [0.1, 0.15) is 51.9 Å². The maximum absolute atomic E-state index is 13.2. The monoisotopic (exact) mass is 363 g/mol. The Bertz CT molecular complexity index is 542. The lowest BCUT2D eigenvalue weighted by Gasteiger charge is -2.41. The first-order valence-corrected chi connectivity index (χ1v) is 10.6. The lowest BCUT2D eigenvalue weighted by atomic mass is 9.78. The zero-order chi connectivity index (χ0) is 18.1. The minimum atomic E-state index is -0.179. The summed E-state index contributed by atoms with van der Waals surface area (Å²) in [6, 6.07) is 0.506. The molecule has 0 aromatic rings. The van der Waals surface area contributed by atoms with Crippen LogP contribution in [0.4, 0.5) is 4.79 Å². The Balaban J connectivity index is 1.32. The lowest BCUT2D eigenvalue weighted by molar-refractivity contribution is -0.146. The normalized spacial score (nSPS) is 31.0. The van der Waals surface area contributed by atoms with Crippen LogP contribution in [0.2, 0.25) is 0 Å². The molecule has 1 saturated carbocycles. The number of hydrogen-bond acceptors (Lipinski definition) is 4. The number of carbonyl (C=O) groups is 2. The number of piperidine rings is 2. The van der Waals surface area contributed by atoms with E-state index in [0.717, 1.165) is 77.3 Å². The first kappa shape index (κ1) is 18.1. The second-order valence-electron chi connectivity index (χ2n) is 8.72. The van der Waals surface area contributed by atoms with Gasteiger partial charge in [0.2, 0.25) is 5.91 Å². The molecular formula is C20H33N3O3. The Morgan fingerprint density at radius 2 is 1.88 bits per heavy atom. The van der Waals surface area contributed by atoms with Crippen LogP contribution in [0.5, 0.6) is 0 Å². The smallest absolute Gasteiger partial charge is 0.409 e. The Labute approximate surface area is 156 Å². The van der Waals surface area contributed by atoms with Crippen molar-refractivity contribution in [3.63, 3.8) is 0 Å². The Morgan fingerprint density at radius 1 is 1.12 bits per heavy atom. The molecule has 2 amide bonds. The van der Waals surface area contributed by atoms with Crippen LogP contribution in [-0.4, -0.2) is 78.6 Å². The predicted octanol–water partition coefficient (Wildman–Crippen LogP) is 2.33. The van der Waals surface area contributed by atoms with E-state index in [1.165, 1.54) is 12.8 Å². The average molecular weight is 364 g/mol. The third-order valence-corrected chi connectivity index (χ3v) is 6.89. The molecule has 0 radical (unpaired) electrons. The van der Waals surface area contributed by atoms with E-state index in [4.69, 9.17) is 4.74 Å². The molecule has 3 heterocycles. The number of nitrogens with zero attached hydrogens (tertiary/aromatic N) is 3. The predicted molar refractivity (Wildman–Crippen MR) is 98.8 cm³/mol. The first-order chi connectivity index (χ1) is 12.6. The highest BCUT2D eigenvalue weighted by Crippen LogP contribution is 2.43. The second kappa shape index (κ2) is 7.37. The van der Waals surface area contributed by atoms with Crippen molar-refractivity contribution in [1.29, 1.82) is 0 Å². The third-order valence-electron chi connectivity index (χ3n) is 6.89. The molecular weight excluding hydrogens is 330 g/mol. The molecule has 1 aliphatic carbocycles. The minimum absolute atomic E-state index is 0.120. The van der Waals surface area contributed by atoms with Gasteiger partial charge in [-0.2, -0.15) is 0 Å². The van der Waals surface area contributed by atoms with E-state index in [1.54, 1.807) is 0 Å². The fourth-order valence-corrected chi connectivity index (χ4v) is 5.16. The van der Waals surface area contributed by atoms with Crippen LogP contribution in [0.25, 0.3) is 0 Å². The van der Waals surface area contributed by atoms with Crippen molar-refractivity contribution >= 4 is 12.0 Å². The molecule has 1 atom stereocenters. The molecule has 4 aliphatic rings. The molecule has 146 valence electrons. The van der Waals surface area contributed by atoms with E-state index in [9.17, 15) is 9.59 Å². The van der Waals surface area contributed by atoms with Gasteiger partial charge in [-0.3, -0.25) is 9.69 Å². The number of likely N-dealkylation sites (tertiary alicyclic amines) is 3. The van der Waals surface area contributed by atoms with Gasteiger partial charge in [0, 0.05) is 38.8 Å². The van der Waals surface area contributed by atoms with Gasteiger partial charge in [0.15, 0.2) is 0 Å². The number of amides is 2. The molecule has 4 rings (SSSR count). The molecule has 0 aromatic heterocycles. The van der Waals surface area contributed by atoms with Crippen molar-refractivity contribution in [3.8, 4) is 0 Å². The van der Waals surface area contributed by atoms with E-state index >= 15 is 0 Å². The van der Waals surface area contributed by atoms with Crippen molar-refractivity contribution in [2.24, 2.45) is 11.3 Å². The fraction of sp³-hybridized carbons (Fsp3) is 0.900. The van der Waals surface area contributed by atoms with Gasteiger partial charge in [-0.25, -0.2) is 4.79 Å². The second-order valence-corrected chi connectivity index (χ2v) is 8.72. The molecule has 0 N–H and O–H groups in total. The molecule has 1 spiro atoms. The van der Waals surface area contributed by atoms with Crippen LogP contribution < -0.4 is 0 Å². The Kier molecular flexibility index (Phi) is 5.13. The summed E-state index contributed by atoms with van der Waals surface area (Å²) in [5, 5.41) is 0. The van der Waals surface area contributed by atoms with Crippen molar-refractivity contribution in [2.75, 3.05) is 45.9 Å². The SMILES string of the molecule is CCOC(=O)N1CCC(N2CC[C@@]3(CCCN(CC4CC4)C3=O)C2)CC1. The quantitative estimate of drug-likeness (QED) is 0.769. The highest BCUT2D eigenvalue weighted by molar-refractivity contribution is 5.84. The number of hydrogen-bond donors (Lipinski definition) is 0. The summed E-state index contributed by atoms with van der Waals surface area (Å²) in [5.74, 6) is 1.21. The van der Waals surface area contributed by atoms with Gasteiger partial charge in [0.1, 0.15) is 0 Å². The minimum Gasteiger partial charge on any atom is -0.450 e. The molecule has 0 bridgehead atoms. The van der Waals surface area contributed by atoms with Crippen LogP contribution >= 0.6 is 0 Å². The number of ether oxygens (including phenoxy) is 1. The van der Waals surface area contributed by atoms with E-state index in [-0.39, 0.29) is 11.5 Å². The first-order valence-electron chi connectivity index (χ1n) is 10.6. The summed E-state index contributed by atoms with van der Waals surface area (Å²) in [5.41, 5.74) is -0.120. The van der Waals surface area contributed by atoms with E-state index in [1.807, 2.05) is 11.8 Å². The molecule has 3 aliphatic heterocycles. The zero-order valence-electron chi connectivity index (χ0n) is 16.1.